The number of aromatic hydroxyl groups is 1. The highest BCUT2D eigenvalue weighted by Crippen LogP contribution is 2.34. The molecule has 1 aromatic heterocycles. The molecule has 0 aliphatic carbocycles. The molecule has 0 amide bonds. The molecule has 0 saturated heterocycles. The molecule has 0 bridgehead atoms. The van der Waals surface area contributed by atoms with Crippen LogP contribution in [0.15, 0.2) is 18.2 Å². The van der Waals surface area contributed by atoms with Crippen molar-refractivity contribution in [1.29, 1.82) is 0 Å². The van der Waals surface area contributed by atoms with Gasteiger partial charge in [-0.15, -0.1) is 0 Å². The number of nitrogens with zero attached hydrogens (tertiary/aromatic N) is 2. The van der Waals surface area contributed by atoms with E-state index in [-0.39, 0.29) is 11.4 Å². The van der Waals surface area contributed by atoms with Crippen LogP contribution in [0, 0.1) is 0 Å². The third kappa shape index (κ3) is 1.86. The van der Waals surface area contributed by atoms with E-state index in [1.807, 2.05) is 6.07 Å². The number of carboxylic acid groups (broad SMARTS) is 1. The van der Waals surface area contributed by atoms with Gasteiger partial charge < -0.3 is 14.9 Å². The van der Waals surface area contributed by atoms with Gasteiger partial charge in [-0.2, -0.15) is 5.10 Å². The molecule has 0 saturated carbocycles. The van der Waals surface area contributed by atoms with Crippen LogP contribution in [0.25, 0.3) is 11.3 Å². The number of aromatic nitrogens is 2. The van der Waals surface area contributed by atoms with Gasteiger partial charge in [-0.25, -0.2) is 4.79 Å². The summed E-state index contributed by atoms with van der Waals surface area (Å²) in [6.45, 7) is 1.00. The summed E-state index contributed by atoms with van der Waals surface area (Å²) in [5, 5.41) is 22.9. The number of phenolic OH excluding ortho intramolecular Hbond substituents is 1. The van der Waals surface area contributed by atoms with Gasteiger partial charge >= 0.3 is 5.97 Å². The molecule has 2 heterocycles. The Labute approximate surface area is 108 Å². The molecule has 1 aromatic carbocycles. The summed E-state index contributed by atoms with van der Waals surface area (Å²) < 4.78 is 6.75. The Hall–Kier alpha value is -2.34. The number of phenols is 1. The first-order valence-corrected chi connectivity index (χ1v) is 5.76. The predicted octanol–water partition coefficient (Wildman–Crippen LogP) is 1.52. The number of carboxylic acids is 1. The van der Waals surface area contributed by atoms with Gasteiger partial charge in [0, 0.05) is 12.6 Å². The molecule has 3 rings (SSSR count). The average molecular weight is 260 g/mol. The van der Waals surface area contributed by atoms with E-state index in [1.54, 1.807) is 13.1 Å². The zero-order valence-corrected chi connectivity index (χ0v) is 10.3. The van der Waals surface area contributed by atoms with Crippen molar-refractivity contribution in [2.24, 2.45) is 7.05 Å². The molecule has 2 aromatic rings. The number of carbonyl (C=O) groups is 1. The zero-order chi connectivity index (χ0) is 13.6. The van der Waals surface area contributed by atoms with E-state index in [1.165, 1.54) is 10.7 Å². The first-order chi connectivity index (χ1) is 9.06. The number of ether oxygens (including phenoxy) is 1. The lowest BCUT2D eigenvalue weighted by Crippen LogP contribution is -1.99. The van der Waals surface area contributed by atoms with Crippen LogP contribution in [-0.2, 0) is 25.0 Å². The van der Waals surface area contributed by atoms with Gasteiger partial charge in [0.1, 0.15) is 5.75 Å². The second-order valence-corrected chi connectivity index (χ2v) is 4.47. The van der Waals surface area contributed by atoms with E-state index in [9.17, 15) is 9.90 Å². The van der Waals surface area contributed by atoms with Crippen LogP contribution in [0.2, 0.25) is 0 Å². The maximum absolute atomic E-state index is 10.9. The normalized spacial score (nSPS) is 13.5. The van der Waals surface area contributed by atoms with E-state index < -0.39 is 5.97 Å². The summed E-state index contributed by atoms with van der Waals surface area (Å²) >= 11 is 0. The van der Waals surface area contributed by atoms with Crippen molar-refractivity contribution in [2.75, 3.05) is 0 Å². The van der Waals surface area contributed by atoms with Crippen LogP contribution in [0.1, 0.15) is 21.6 Å². The van der Waals surface area contributed by atoms with Gasteiger partial charge in [-0.1, -0.05) is 0 Å². The van der Waals surface area contributed by atoms with Crippen LogP contribution in [-0.4, -0.2) is 26.0 Å². The van der Waals surface area contributed by atoms with E-state index >= 15 is 0 Å². The third-order valence-electron chi connectivity index (χ3n) is 3.21. The Bertz CT molecular complexity index is 676. The minimum absolute atomic E-state index is 0.0475. The Morgan fingerprint density at radius 2 is 2.00 bits per heavy atom. The van der Waals surface area contributed by atoms with Crippen LogP contribution >= 0.6 is 0 Å². The van der Waals surface area contributed by atoms with Crippen molar-refractivity contribution in [3.8, 4) is 17.0 Å². The number of benzene rings is 1. The predicted molar refractivity (Wildman–Crippen MR) is 65.8 cm³/mol. The van der Waals surface area contributed by atoms with Crippen molar-refractivity contribution in [3.05, 3.63) is 35.0 Å². The van der Waals surface area contributed by atoms with E-state index in [4.69, 9.17) is 9.84 Å². The highest BCUT2D eigenvalue weighted by Gasteiger charge is 2.19. The molecule has 19 heavy (non-hydrogen) atoms. The summed E-state index contributed by atoms with van der Waals surface area (Å²) in [5.41, 5.74) is 3.04. The van der Waals surface area contributed by atoms with Crippen LogP contribution in [0.5, 0.6) is 5.75 Å². The molecule has 1 aliphatic rings. The van der Waals surface area contributed by atoms with E-state index in [0.717, 1.165) is 11.1 Å². The number of rotatable bonds is 2. The van der Waals surface area contributed by atoms with Crippen molar-refractivity contribution in [1.82, 2.24) is 9.78 Å². The van der Waals surface area contributed by atoms with Gasteiger partial charge in [-0.05, 0) is 29.3 Å². The quantitative estimate of drug-likeness (QED) is 0.855. The summed E-state index contributed by atoms with van der Waals surface area (Å²) in [6.07, 6.45) is 0. The standard InChI is InChI=1S/C13H12N2O4/c1-15-11(4-10(14-15)13(17)18)9-2-7-5-19-6-8(7)3-12(9)16/h2-4,16H,5-6H2,1H3,(H,17,18). The van der Waals surface area contributed by atoms with E-state index in [2.05, 4.69) is 5.10 Å². The Morgan fingerprint density at radius 1 is 1.32 bits per heavy atom. The summed E-state index contributed by atoms with van der Waals surface area (Å²) in [7, 11) is 1.64. The van der Waals surface area contributed by atoms with Crippen LogP contribution in [0.4, 0.5) is 0 Å². The largest absolute Gasteiger partial charge is 0.507 e. The topological polar surface area (TPSA) is 84.6 Å². The van der Waals surface area contributed by atoms with E-state index in [0.29, 0.717) is 24.5 Å². The molecule has 2 N–H and O–H groups in total. The number of hydrogen-bond acceptors (Lipinski definition) is 4. The molecular formula is C13H12N2O4. The fraction of sp³-hybridized carbons (Fsp3) is 0.231. The van der Waals surface area contributed by atoms with Gasteiger partial charge in [-0.3, -0.25) is 4.68 Å². The first kappa shape index (κ1) is 11.7. The fourth-order valence-electron chi connectivity index (χ4n) is 2.25. The minimum atomic E-state index is -1.09. The maximum Gasteiger partial charge on any atom is 0.356 e. The second kappa shape index (κ2) is 4.10. The van der Waals surface area contributed by atoms with Crippen LogP contribution < -0.4 is 0 Å². The summed E-state index contributed by atoms with van der Waals surface area (Å²) in [5.74, 6) is -0.991. The lowest BCUT2D eigenvalue weighted by molar-refractivity contribution is 0.0689. The Morgan fingerprint density at radius 3 is 2.63 bits per heavy atom. The van der Waals surface area contributed by atoms with Gasteiger partial charge in [0.2, 0.25) is 0 Å². The molecule has 98 valence electrons. The average Bonchev–Trinajstić information content (AvgIpc) is 2.94. The number of aromatic carboxylic acids is 1. The molecule has 0 spiro atoms. The Kier molecular flexibility index (Phi) is 2.53. The van der Waals surface area contributed by atoms with Crippen LogP contribution in [0.3, 0.4) is 0 Å². The lowest BCUT2D eigenvalue weighted by atomic mass is 10.0. The maximum atomic E-state index is 10.9. The monoisotopic (exact) mass is 260 g/mol. The molecule has 0 fully saturated rings. The van der Waals surface area contributed by atoms with Crippen molar-refractivity contribution >= 4 is 5.97 Å². The molecule has 0 atom stereocenters. The number of fused-ring (bicyclic) bond motifs is 1. The van der Waals surface area contributed by atoms with Crippen molar-refractivity contribution in [3.63, 3.8) is 0 Å². The molecule has 6 nitrogen and oxygen atoms in total. The minimum Gasteiger partial charge on any atom is -0.507 e. The fourth-order valence-corrected chi connectivity index (χ4v) is 2.25. The van der Waals surface area contributed by atoms with Gasteiger partial charge in [0.15, 0.2) is 5.69 Å². The first-order valence-electron chi connectivity index (χ1n) is 5.76. The van der Waals surface area contributed by atoms with Gasteiger partial charge in [0.25, 0.3) is 0 Å². The summed E-state index contributed by atoms with van der Waals surface area (Å²) in [4.78, 5) is 10.9. The number of hydrogen-bond donors (Lipinski definition) is 2. The molecule has 0 radical (unpaired) electrons. The smallest absolute Gasteiger partial charge is 0.356 e. The second-order valence-electron chi connectivity index (χ2n) is 4.47. The van der Waals surface area contributed by atoms with Crippen molar-refractivity contribution in [2.45, 2.75) is 13.2 Å². The Balaban J connectivity index is 2.14. The third-order valence-corrected chi connectivity index (χ3v) is 3.21. The molecular weight excluding hydrogens is 248 g/mol. The molecule has 0 unspecified atom stereocenters. The summed E-state index contributed by atoms with van der Waals surface area (Å²) in [6, 6.07) is 4.92. The highest BCUT2D eigenvalue weighted by atomic mass is 16.5. The molecule has 6 heteroatoms. The van der Waals surface area contributed by atoms with Crippen molar-refractivity contribution < 1.29 is 19.7 Å². The molecule has 1 aliphatic heterocycles. The zero-order valence-electron chi connectivity index (χ0n) is 10.3. The van der Waals surface area contributed by atoms with Gasteiger partial charge in [0.05, 0.1) is 18.9 Å². The SMILES string of the molecule is Cn1nc(C(=O)O)cc1-c1cc2c(cc1O)COC2. The lowest BCUT2D eigenvalue weighted by Gasteiger charge is -2.07. The highest BCUT2D eigenvalue weighted by molar-refractivity contribution is 5.87. The number of aryl methyl sites for hydroxylation is 1.